The molecule has 1 aliphatic rings. The van der Waals surface area contributed by atoms with Crippen LogP contribution in [0.15, 0.2) is 46.4 Å². The zero-order chi connectivity index (χ0) is 18.1. The Morgan fingerprint density at radius 2 is 2.24 bits per heavy atom. The normalized spacial score (nSPS) is 17.4. The van der Waals surface area contributed by atoms with Crippen LogP contribution in [0.3, 0.4) is 0 Å². The molecular formula is C18H15FN2O3S. The zero-order valence-electron chi connectivity index (χ0n) is 13.6. The maximum atomic E-state index is 14.1. The highest BCUT2D eigenvalue weighted by atomic mass is 32.1. The van der Waals surface area contributed by atoms with Crippen LogP contribution in [-0.4, -0.2) is 12.6 Å². The van der Waals surface area contributed by atoms with Crippen LogP contribution in [0.4, 0.5) is 4.39 Å². The summed E-state index contributed by atoms with van der Waals surface area (Å²) in [5, 5.41) is 12.0. The average Bonchev–Trinajstić information content (AvgIpc) is 3.05. The molecule has 1 unspecified atom stereocenters. The van der Waals surface area contributed by atoms with Crippen LogP contribution in [0, 0.1) is 17.1 Å². The summed E-state index contributed by atoms with van der Waals surface area (Å²) in [6.45, 7) is 3.46. The molecule has 2 aromatic rings. The fraction of sp³-hybridized carbons (Fsp3) is 0.222. The Morgan fingerprint density at radius 1 is 1.48 bits per heavy atom. The van der Waals surface area contributed by atoms with Crippen LogP contribution in [0.2, 0.25) is 0 Å². The van der Waals surface area contributed by atoms with Gasteiger partial charge in [0.1, 0.15) is 23.2 Å². The molecule has 3 rings (SSSR count). The standard InChI is InChI=1S/C18H15FN2O3S/c1-3-23-18(22)14-9(2)24-17(21)12(8-20)15(14)10-4-5-13(19)16-11(10)6-7-25-16/h4-7,15H,3,21H2,1-2H3. The number of benzene rings is 1. The van der Waals surface area contributed by atoms with Crippen molar-refractivity contribution in [1.82, 2.24) is 0 Å². The molecule has 1 aromatic carbocycles. The second kappa shape index (κ2) is 6.57. The third-order valence-corrected chi connectivity index (χ3v) is 4.94. The lowest BCUT2D eigenvalue weighted by Crippen LogP contribution is -2.25. The third-order valence-electron chi connectivity index (χ3n) is 4.01. The molecule has 0 spiro atoms. The largest absolute Gasteiger partial charge is 0.463 e. The molecule has 1 aliphatic heterocycles. The Balaban J connectivity index is 2.28. The zero-order valence-corrected chi connectivity index (χ0v) is 14.4. The topological polar surface area (TPSA) is 85.3 Å². The molecule has 0 bridgehead atoms. The quantitative estimate of drug-likeness (QED) is 0.846. The molecule has 0 fully saturated rings. The number of fused-ring (bicyclic) bond motifs is 1. The number of rotatable bonds is 3. The van der Waals surface area contributed by atoms with E-state index < -0.39 is 11.9 Å². The lowest BCUT2D eigenvalue weighted by molar-refractivity contribution is -0.139. The van der Waals surface area contributed by atoms with E-state index in [9.17, 15) is 14.4 Å². The molecule has 2 N–H and O–H groups in total. The van der Waals surface area contributed by atoms with E-state index in [4.69, 9.17) is 15.2 Å². The predicted molar refractivity (Wildman–Crippen MR) is 91.8 cm³/mol. The third kappa shape index (κ3) is 2.75. The maximum Gasteiger partial charge on any atom is 0.338 e. The number of carbonyl (C=O) groups is 1. The number of halogens is 1. The first-order chi connectivity index (χ1) is 12.0. The first kappa shape index (κ1) is 17.0. The van der Waals surface area contributed by atoms with Gasteiger partial charge in [-0.25, -0.2) is 9.18 Å². The number of hydrogen-bond donors (Lipinski definition) is 1. The number of thiophene rings is 1. The van der Waals surface area contributed by atoms with E-state index in [-0.39, 0.29) is 35.2 Å². The Kier molecular flexibility index (Phi) is 4.47. The number of nitriles is 1. The van der Waals surface area contributed by atoms with Crippen LogP contribution < -0.4 is 5.73 Å². The SMILES string of the molecule is CCOC(=O)C1=C(C)OC(N)=C(C#N)C1c1ccc(F)c2sccc12. The first-order valence-electron chi connectivity index (χ1n) is 7.60. The number of esters is 1. The molecule has 128 valence electrons. The van der Waals surface area contributed by atoms with Crippen molar-refractivity contribution in [2.45, 2.75) is 19.8 Å². The Hall–Kier alpha value is -2.85. The first-order valence-corrected chi connectivity index (χ1v) is 8.48. The number of nitrogens with two attached hydrogens (primary N) is 1. The summed E-state index contributed by atoms with van der Waals surface area (Å²) in [5.41, 5.74) is 6.79. The summed E-state index contributed by atoms with van der Waals surface area (Å²) >= 11 is 1.25. The molecule has 2 heterocycles. The van der Waals surface area contributed by atoms with Crippen LogP contribution in [0.1, 0.15) is 25.3 Å². The van der Waals surface area contributed by atoms with Crippen molar-refractivity contribution < 1.29 is 18.7 Å². The monoisotopic (exact) mass is 358 g/mol. The molecule has 0 radical (unpaired) electrons. The van der Waals surface area contributed by atoms with E-state index in [1.165, 1.54) is 17.4 Å². The van der Waals surface area contributed by atoms with E-state index in [1.54, 1.807) is 31.4 Å². The van der Waals surface area contributed by atoms with Gasteiger partial charge in [0.2, 0.25) is 5.88 Å². The van der Waals surface area contributed by atoms with Gasteiger partial charge in [-0.1, -0.05) is 6.07 Å². The van der Waals surface area contributed by atoms with Crippen molar-refractivity contribution in [1.29, 1.82) is 5.26 Å². The lowest BCUT2D eigenvalue weighted by Gasteiger charge is -2.27. The van der Waals surface area contributed by atoms with Gasteiger partial charge in [-0.15, -0.1) is 11.3 Å². The molecule has 25 heavy (non-hydrogen) atoms. The van der Waals surface area contributed by atoms with Crippen molar-refractivity contribution in [3.05, 3.63) is 57.7 Å². The Labute approximate surface area is 147 Å². The molecule has 0 saturated carbocycles. The Morgan fingerprint density at radius 3 is 2.92 bits per heavy atom. The van der Waals surface area contributed by atoms with E-state index in [0.717, 1.165) is 0 Å². The molecule has 7 heteroatoms. The second-order valence-corrected chi connectivity index (χ2v) is 6.33. The predicted octanol–water partition coefficient (Wildman–Crippen LogP) is 3.69. The van der Waals surface area contributed by atoms with Gasteiger partial charge < -0.3 is 15.2 Å². The van der Waals surface area contributed by atoms with Crippen molar-refractivity contribution in [3.8, 4) is 6.07 Å². The summed E-state index contributed by atoms with van der Waals surface area (Å²) in [7, 11) is 0. The van der Waals surface area contributed by atoms with Gasteiger partial charge in [0.05, 0.1) is 22.8 Å². The van der Waals surface area contributed by atoms with Crippen LogP contribution >= 0.6 is 11.3 Å². The van der Waals surface area contributed by atoms with Gasteiger partial charge >= 0.3 is 5.97 Å². The Bertz CT molecular complexity index is 968. The average molecular weight is 358 g/mol. The van der Waals surface area contributed by atoms with Gasteiger partial charge in [-0.3, -0.25) is 0 Å². The smallest absolute Gasteiger partial charge is 0.338 e. The summed E-state index contributed by atoms with van der Waals surface area (Å²) in [5.74, 6) is -1.50. The van der Waals surface area contributed by atoms with Crippen molar-refractivity contribution in [3.63, 3.8) is 0 Å². The molecule has 0 aliphatic carbocycles. The highest BCUT2D eigenvalue weighted by molar-refractivity contribution is 7.17. The minimum atomic E-state index is -0.768. The molecular weight excluding hydrogens is 343 g/mol. The lowest BCUT2D eigenvalue weighted by atomic mass is 9.82. The van der Waals surface area contributed by atoms with Crippen LogP contribution in [0.25, 0.3) is 10.1 Å². The van der Waals surface area contributed by atoms with Gasteiger partial charge in [-0.2, -0.15) is 5.26 Å². The van der Waals surface area contributed by atoms with E-state index in [1.807, 2.05) is 6.07 Å². The van der Waals surface area contributed by atoms with Gasteiger partial charge in [0, 0.05) is 0 Å². The number of allylic oxidation sites excluding steroid dienone is 2. The van der Waals surface area contributed by atoms with E-state index >= 15 is 0 Å². The number of nitrogens with zero attached hydrogens (tertiary/aromatic N) is 1. The molecule has 1 atom stereocenters. The van der Waals surface area contributed by atoms with E-state index in [0.29, 0.717) is 15.6 Å². The molecule has 0 amide bonds. The minimum Gasteiger partial charge on any atom is -0.463 e. The van der Waals surface area contributed by atoms with Gasteiger partial charge in [-0.05, 0) is 42.3 Å². The van der Waals surface area contributed by atoms with Crippen molar-refractivity contribution >= 4 is 27.4 Å². The number of ether oxygens (including phenoxy) is 2. The summed E-state index contributed by atoms with van der Waals surface area (Å²) in [6, 6.07) is 6.67. The van der Waals surface area contributed by atoms with E-state index in [2.05, 4.69) is 0 Å². The summed E-state index contributed by atoms with van der Waals surface area (Å²) in [6.07, 6.45) is 0. The molecule has 5 nitrogen and oxygen atoms in total. The fourth-order valence-corrected chi connectivity index (χ4v) is 3.80. The van der Waals surface area contributed by atoms with Crippen LogP contribution in [-0.2, 0) is 14.3 Å². The number of carbonyl (C=O) groups excluding carboxylic acids is 1. The molecule has 1 aromatic heterocycles. The van der Waals surface area contributed by atoms with Crippen molar-refractivity contribution in [2.75, 3.05) is 6.61 Å². The summed E-state index contributed by atoms with van der Waals surface area (Å²) in [4.78, 5) is 12.5. The fourth-order valence-electron chi connectivity index (χ4n) is 2.97. The number of hydrogen-bond acceptors (Lipinski definition) is 6. The van der Waals surface area contributed by atoms with Gasteiger partial charge in [0.25, 0.3) is 0 Å². The minimum absolute atomic E-state index is 0.0641. The highest BCUT2D eigenvalue weighted by Gasteiger charge is 2.37. The van der Waals surface area contributed by atoms with Gasteiger partial charge in [0.15, 0.2) is 0 Å². The van der Waals surface area contributed by atoms with Crippen molar-refractivity contribution in [2.24, 2.45) is 5.73 Å². The summed E-state index contributed by atoms with van der Waals surface area (Å²) < 4.78 is 25.0. The highest BCUT2D eigenvalue weighted by Crippen LogP contribution is 2.43. The second-order valence-electron chi connectivity index (χ2n) is 5.42. The van der Waals surface area contributed by atoms with Crippen LogP contribution in [0.5, 0.6) is 0 Å². The maximum absolute atomic E-state index is 14.1. The molecule has 0 saturated heterocycles.